The van der Waals surface area contributed by atoms with E-state index in [1.54, 1.807) is 30.3 Å². The van der Waals surface area contributed by atoms with E-state index in [0.717, 1.165) is 22.0 Å². The molecule has 0 fully saturated rings. The maximum absolute atomic E-state index is 13.2. The van der Waals surface area contributed by atoms with Crippen molar-refractivity contribution in [2.24, 2.45) is 0 Å². The van der Waals surface area contributed by atoms with Crippen molar-refractivity contribution in [3.05, 3.63) is 95.6 Å². The summed E-state index contributed by atoms with van der Waals surface area (Å²) in [6.45, 7) is 2.02. The highest BCUT2D eigenvalue weighted by molar-refractivity contribution is 6.14. The Labute approximate surface area is 174 Å². The van der Waals surface area contributed by atoms with Crippen molar-refractivity contribution < 1.29 is 14.3 Å². The topological polar surface area (TPSA) is 68.3 Å². The molecule has 1 amide bonds. The molecule has 148 valence electrons. The Bertz CT molecular complexity index is 1250. The third-order valence-electron chi connectivity index (χ3n) is 4.89. The zero-order chi connectivity index (χ0) is 21.1. The van der Waals surface area contributed by atoms with Gasteiger partial charge in [-0.15, -0.1) is 0 Å². The molecule has 0 atom stereocenters. The third-order valence-corrected chi connectivity index (χ3v) is 4.89. The summed E-state index contributed by atoms with van der Waals surface area (Å²) in [4.78, 5) is 30.0. The van der Waals surface area contributed by atoms with Crippen LogP contribution in [-0.4, -0.2) is 24.0 Å². The van der Waals surface area contributed by atoms with Crippen LogP contribution in [0.3, 0.4) is 0 Å². The molecule has 0 saturated heterocycles. The molecule has 3 aromatic carbocycles. The van der Waals surface area contributed by atoms with Crippen LogP contribution in [0.4, 0.5) is 5.69 Å². The summed E-state index contributed by atoms with van der Waals surface area (Å²) in [6, 6.07) is 24.1. The fourth-order valence-corrected chi connectivity index (χ4v) is 3.31. The van der Waals surface area contributed by atoms with Gasteiger partial charge in [-0.1, -0.05) is 60.2 Å². The number of aryl methyl sites for hydroxylation is 1. The van der Waals surface area contributed by atoms with Crippen LogP contribution in [0.5, 0.6) is 0 Å². The smallest absolute Gasteiger partial charge is 0.339 e. The van der Waals surface area contributed by atoms with Gasteiger partial charge in [-0.3, -0.25) is 4.79 Å². The Hall–Kier alpha value is -3.99. The molecule has 4 aromatic rings. The van der Waals surface area contributed by atoms with Gasteiger partial charge < -0.3 is 10.1 Å². The first-order valence-corrected chi connectivity index (χ1v) is 9.52. The number of carbonyl (C=O) groups excluding carboxylic acids is 2. The van der Waals surface area contributed by atoms with E-state index in [1.165, 1.54) is 7.11 Å². The number of amides is 1. The number of rotatable bonds is 4. The molecule has 0 bridgehead atoms. The summed E-state index contributed by atoms with van der Waals surface area (Å²) in [5, 5.41) is 3.59. The average Bonchev–Trinajstić information content (AvgIpc) is 2.78. The van der Waals surface area contributed by atoms with Crippen molar-refractivity contribution in [1.29, 1.82) is 0 Å². The van der Waals surface area contributed by atoms with Gasteiger partial charge in [-0.05, 0) is 31.2 Å². The molecule has 0 spiro atoms. The summed E-state index contributed by atoms with van der Waals surface area (Å²) in [5.41, 5.74) is 4.68. The van der Waals surface area contributed by atoms with E-state index in [2.05, 4.69) is 5.32 Å². The molecule has 5 nitrogen and oxygen atoms in total. The van der Waals surface area contributed by atoms with Crippen molar-refractivity contribution in [2.45, 2.75) is 6.92 Å². The zero-order valence-electron chi connectivity index (χ0n) is 16.7. The molecule has 0 aliphatic heterocycles. The van der Waals surface area contributed by atoms with Crippen LogP contribution in [0.25, 0.3) is 22.2 Å². The number of esters is 1. The maximum Gasteiger partial charge on any atom is 0.339 e. The minimum atomic E-state index is -0.508. The Morgan fingerprint density at radius 2 is 1.57 bits per heavy atom. The largest absolute Gasteiger partial charge is 0.465 e. The molecule has 30 heavy (non-hydrogen) atoms. The number of methoxy groups -OCH3 is 1. The molecule has 0 aliphatic rings. The molecule has 1 heterocycles. The van der Waals surface area contributed by atoms with E-state index >= 15 is 0 Å². The van der Waals surface area contributed by atoms with E-state index in [4.69, 9.17) is 9.72 Å². The second kappa shape index (κ2) is 8.17. The lowest BCUT2D eigenvalue weighted by atomic mass is 10.0. The second-order valence-corrected chi connectivity index (χ2v) is 6.93. The van der Waals surface area contributed by atoms with Crippen molar-refractivity contribution in [1.82, 2.24) is 4.98 Å². The van der Waals surface area contributed by atoms with E-state index < -0.39 is 5.97 Å². The predicted molar refractivity (Wildman–Crippen MR) is 118 cm³/mol. The number of carbonyl (C=O) groups is 2. The highest BCUT2D eigenvalue weighted by atomic mass is 16.5. The number of para-hydroxylation sites is 2. The van der Waals surface area contributed by atoms with Gasteiger partial charge in [-0.25, -0.2) is 9.78 Å². The van der Waals surface area contributed by atoms with Crippen LogP contribution in [-0.2, 0) is 4.74 Å². The summed E-state index contributed by atoms with van der Waals surface area (Å²) < 4.78 is 4.82. The monoisotopic (exact) mass is 396 g/mol. The van der Waals surface area contributed by atoms with Crippen LogP contribution < -0.4 is 5.32 Å². The van der Waals surface area contributed by atoms with Crippen LogP contribution >= 0.6 is 0 Å². The minimum absolute atomic E-state index is 0.297. The summed E-state index contributed by atoms with van der Waals surface area (Å²) in [7, 11) is 1.31. The lowest BCUT2D eigenvalue weighted by Gasteiger charge is -2.12. The molecule has 5 heteroatoms. The molecule has 1 aromatic heterocycles. The van der Waals surface area contributed by atoms with Gasteiger partial charge in [-0.2, -0.15) is 0 Å². The molecule has 0 aliphatic carbocycles. The molecular formula is C25H20N2O3. The Morgan fingerprint density at radius 3 is 2.33 bits per heavy atom. The fourth-order valence-electron chi connectivity index (χ4n) is 3.31. The average molecular weight is 396 g/mol. The Morgan fingerprint density at radius 1 is 0.867 bits per heavy atom. The number of anilines is 1. The molecule has 1 N–H and O–H groups in total. The molecular weight excluding hydrogens is 376 g/mol. The van der Waals surface area contributed by atoms with E-state index in [9.17, 15) is 9.59 Å². The molecule has 0 unspecified atom stereocenters. The summed E-state index contributed by atoms with van der Waals surface area (Å²) in [5.74, 6) is -0.829. The van der Waals surface area contributed by atoms with Gasteiger partial charge in [0.15, 0.2) is 0 Å². The van der Waals surface area contributed by atoms with Gasteiger partial charge in [0.25, 0.3) is 5.91 Å². The standard InChI is InChI=1S/C25H20N2O3/c1-16-11-13-17(14-12-16)23-15-20(18-7-3-5-9-21(18)26-23)24(28)27-22-10-6-4-8-19(22)25(29)30-2/h3-15H,1-2H3,(H,27,28). The van der Waals surface area contributed by atoms with Crippen molar-refractivity contribution in [2.75, 3.05) is 12.4 Å². The van der Waals surface area contributed by atoms with Crippen LogP contribution in [0.1, 0.15) is 26.3 Å². The van der Waals surface area contributed by atoms with Gasteiger partial charge in [0.2, 0.25) is 0 Å². The van der Waals surface area contributed by atoms with E-state index in [-0.39, 0.29) is 5.91 Å². The first-order chi connectivity index (χ1) is 14.6. The van der Waals surface area contributed by atoms with Gasteiger partial charge in [0.1, 0.15) is 0 Å². The summed E-state index contributed by atoms with van der Waals surface area (Å²) in [6.07, 6.45) is 0. The Kier molecular flexibility index (Phi) is 5.26. The SMILES string of the molecule is COC(=O)c1ccccc1NC(=O)c1cc(-c2ccc(C)cc2)nc2ccccc12. The van der Waals surface area contributed by atoms with Crippen LogP contribution in [0, 0.1) is 6.92 Å². The number of nitrogens with one attached hydrogen (secondary N) is 1. The number of fused-ring (bicyclic) bond motifs is 1. The number of aromatic nitrogens is 1. The molecule has 4 rings (SSSR count). The fraction of sp³-hybridized carbons (Fsp3) is 0.0800. The van der Waals surface area contributed by atoms with Crippen molar-refractivity contribution in [3.63, 3.8) is 0 Å². The van der Waals surface area contributed by atoms with Gasteiger partial charge in [0.05, 0.1) is 35.1 Å². The first kappa shape index (κ1) is 19.3. The molecule has 0 radical (unpaired) electrons. The van der Waals surface area contributed by atoms with Crippen molar-refractivity contribution in [3.8, 4) is 11.3 Å². The number of benzene rings is 3. The normalized spacial score (nSPS) is 10.6. The van der Waals surface area contributed by atoms with Crippen LogP contribution in [0.2, 0.25) is 0 Å². The first-order valence-electron chi connectivity index (χ1n) is 9.52. The second-order valence-electron chi connectivity index (χ2n) is 6.93. The summed E-state index contributed by atoms with van der Waals surface area (Å²) >= 11 is 0. The van der Waals surface area contributed by atoms with E-state index in [0.29, 0.717) is 22.5 Å². The number of hydrogen-bond acceptors (Lipinski definition) is 4. The number of hydrogen-bond donors (Lipinski definition) is 1. The zero-order valence-corrected chi connectivity index (χ0v) is 16.7. The number of nitrogens with zero attached hydrogens (tertiary/aromatic N) is 1. The van der Waals surface area contributed by atoms with Gasteiger partial charge in [0, 0.05) is 10.9 Å². The highest BCUT2D eigenvalue weighted by Gasteiger charge is 2.17. The quantitative estimate of drug-likeness (QED) is 0.479. The predicted octanol–water partition coefficient (Wildman–Crippen LogP) is 5.25. The molecule has 0 saturated carbocycles. The highest BCUT2D eigenvalue weighted by Crippen LogP contribution is 2.26. The Balaban J connectivity index is 1.79. The third kappa shape index (κ3) is 3.78. The van der Waals surface area contributed by atoms with Gasteiger partial charge >= 0.3 is 5.97 Å². The number of ether oxygens (including phenoxy) is 1. The van der Waals surface area contributed by atoms with Crippen LogP contribution in [0.15, 0.2) is 78.9 Å². The maximum atomic E-state index is 13.2. The van der Waals surface area contributed by atoms with Crippen molar-refractivity contribution >= 4 is 28.5 Å². The lowest BCUT2D eigenvalue weighted by molar-refractivity contribution is 0.0602. The van der Waals surface area contributed by atoms with E-state index in [1.807, 2.05) is 55.5 Å². The minimum Gasteiger partial charge on any atom is -0.465 e. The number of pyridine rings is 1. The lowest BCUT2D eigenvalue weighted by Crippen LogP contribution is -2.16.